The van der Waals surface area contributed by atoms with E-state index in [0.717, 1.165) is 38.5 Å². The lowest BCUT2D eigenvalue weighted by molar-refractivity contribution is -0.143. The maximum Gasteiger partial charge on any atom is 0.305 e. The van der Waals surface area contributed by atoms with Crippen LogP contribution in [0.2, 0.25) is 0 Å². The number of hydrogen-bond acceptors (Lipinski definition) is 3. The van der Waals surface area contributed by atoms with Gasteiger partial charge in [-0.2, -0.15) is 0 Å². The number of imidazole rings is 1. The monoisotopic (exact) mass is 404 g/mol. The van der Waals surface area contributed by atoms with Gasteiger partial charge in [-0.15, -0.1) is 0 Å². The van der Waals surface area contributed by atoms with Crippen LogP contribution < -0.4 is 0 Å². The molecule has 0 aliphatic carbocycles. The molecule has 1 atom stereocenters. The van der Waals surface area contributed by atoms with Crippen LogP contribution in [-0.4, -0.2) is 22.1 Å². The van der Waals surface area contributed by atoms with Gasteiger partial charge in [0.25, 0.3) is 0 Å². The lowest BCUT2D eigenvalue weighted by Crippen LogP contribution is -2.06. The summed E-state index contributed by atoms with van der Waals surface area (Å²) in [7, 11) is 0. The number of unbranched alkanes of at least 4 members (excludes halogenated alkanes) is 9. The van der Waals surface area contributed by atoms with E-state index in [1.165, 1.54) is 51.4 Å². The topological polar surface area (TPSA) is 44.1 Å². The first-order valence-electron chi connectivity index (χ1n) is 12.1. The van der Waals surface area contributed by atoms with Gasteiger partial charge in [0.1, 0.15) is 0 Å². The van der Waals surface area contributed by atoms with Gasteiger partial charge in [0.05, 0.1) is 12.9 Å². The summed E-state index contributed by atoms with van der Waals surface area (Å²) in [6, 6.07) is 0.544. The highest BCUT2D eigenvalue weighted by Gasteiger charge is 2.08. The molecular formula is C25H44N2O2. The molecule has 0 N–H and O–H groups in total. The molecule has 0 bridgehead atoms. The number of carbonyl (C=O) groups excluding carboxylic acids is 1. The fraction of sp³-hybridized carbons (Fsp3) is 0.760. The van der Waals surface area contributed by atoms with Crippen molar-refractivity contribution in [2.24, 2.45) is 0 Å². The van der Waals surface area contributed by atoms with Gasteiger partial charge in [-0.1, -0.05) is 77.4 Å². The van der Waals surface area contributed by atoms with Crippen molar-refractivity contribution >= 4 is 5.97 Å². The van der Waals surface area contributed by atoms with Gasteiger partial charge in [-0.05, 0) is 38.5 Å². The summed E-state index contributed by atoms with van der Waals surface area (Å²) in [5, 5.41) is 0. The third-order valence-electron chi connectivity index (χ3n) is 5.42. The third-order valence-corrected chi connectivity index (χ3v) is 5.42. The molecule has 0 aliphatic rings. The standard InChI is InChI=1S/C25H44N2O2/c1-3-5-7-14-17-24(27-21-20-26-23-27)18-15-12-10-8-9-11-13-16-19-25(28)29-22-6-4-2/h12,15,20-21,23-24H,3-11,13-14,16-19,22H2,1-2H3/b15-12-/t24-/m0/s1. The molecule has 0 aromatic carbocycles. The van der Waals surface area contributed by atoms with E-state index < -0.39 is 0 Å². The van der Waals surface area contributed by atoms with E-state index in [1.54, 1.807) is 0 Å². The van der Waals surface area contributed by atoms with Crippen LogP contribution in [0.25, 0.3) is 0 Å². The fourth-order valence-corrected chi connectivity index (χ4v) is 3.52. The molecule has 0 fully saturated rings. The molecule has 0 radical (unpaired) electrons. The van der Waals surface area contributed by atoms with Crippen LogP contribution in [0.3, 0.4) is 0 Å². The number of nitrogens with zero attached hydrogens (tertiary/aromatic N) is 2. The molecule has 0 unspecified atom stereocenters. The molecule has 1 rings (SSSR count). The number of hydrogen-bond donors (Lipinski definition) is 0. The van der Waals surface area contributed by atoms with Crippen molar-refractivity contribution in [1.82, 2.24) is 9.55 Å². The summed E-state index contributed by atoms with van der Waals surface area (Å²) in [6.07, 6.45) is 27.8. The Morgan fingerprint density at radius 2 is 1.72 bits per heavy atom. The van der Waals surface area contributed by atoms with Crippen LogP contribution in [0.1, 0.15) is 116 Å². The molecule has 4 heteroatoms. The highest BCUT2D eigenvalue weighted by molar-refractivity contribution is 5.69. The summed E-state index contributed by atoms with van der Waals surface area (Å²) in [6.45, 7) is 4.95. The Morgan fingerprint density at radius 3 is 2.48 bits per heavy atom. The smallest absolute Gasteiger partial charge is 0.305 e. The number of ether oxygens (including phenoxy) is 1. The zero-order valence-electron chi connectivity index (χ0n) is 19.0. The Hall–Kier alpha value is -1.58. The summed E-state index contributed by atoms with van der Waals surface area (Å²) in [5.74, 6) is -0.0245. The number of carbonyl (C=O) groups is 1. The first-order valence-corrected chi connectivity index (χ1v) is 12.1. The van der Waals surface area contributed by atoms with E-state index in [4.69, 9.17) is 4.74 Å². The minimum atomic E-state index is -0.0245. The highest BCUT2D eigenvalue weighted by Crippen LogP contribution is 2.21. The molecule has 0 aliphatic heterocycles. The van der Waals surface area contributed by atoms with Crippen LogP contribution in [0, 0.1) is 0 Å². The Morgan fingerprint density at radius 1 is 0.966 bits per heavy atom. The van der Waals surface area contributed by atoms with Gasteiger partial charge in [-0.3, -0.25) is 4.79 Å². The first kappa shape index (κ1) is 25.5. The number of allylic oxidation sites excluding steroid dienone is 2. The van der Waals surface area contributed by atoms with E-state index in [-0.39, 0.29) is 5.97 Å². The molecule has 1 aromatic heterocycles. The normalized spacial score (nSPS) is 12.5. The Labute approximate surface area is 179 Å². The van der Waals surface area contributed by atoms with Crippen molar-refractivity contribution in [3.8, 4) is 0 Å². The molecule has 0 amide bonds. The summed E-state index contributed by atoms with van der Waals surface area (Å²) >= 11 is 0. The molecule has 0 saturated heterocycles. The molecule has 29 heavy (non-hydrogen) atoms. The van der Waals surface area contributed by atoms with E-state index in [9.17, 15) is 4.79 Å². The number of aromatic nitrogens is 2. The van der Waals surface area contributed by atoms with Crippen LogP contribution in [0.15, 0.2) is 30.9 Å². The third kappa shape index (κ3) is 14.1. The molecule has 166 valence electrons. The fourth-order valence-electron chi connectivity index (χ4n) is 3.52. The van der Waals surface area contributed by atoms with Gasteiger partial charge in [0.2, 0.25) is 0 Å². The average Bonchev–Trinajstić information content (AvgIpc) is 3.25. The second-order valence-corrected chi connectivity index (χ2v) is 8.10. The Balaban J connectivity index is 2.05. The van der Waals surface area contributed by atoms with Crippen molar-refractivity contribution in [3.05, 3.63) is 30.9 Å². The second-order valence-electron chi connectivity index (χ2n) is 8.10. The minimum absolute atomic E-state index is 0.0245. The summed E-state index contributed by atoms with van der Waals surface area (Å²) in [5.41, 5.74) is 0. The molecule has 4 nitrogen and oxygen atoms in total. The lowest BCUT2D eigenvalue weighted by Gasteiger charge is -2.16. The van der Waals surface area contributed by atoms with Crippen molar-refractivity contribution in [3.63, 3.8) is 0 Å². The zero-order chi connectivity index (χ0) is 21.0. The minimum Gasteiger partial charge on any atom is -0.466 e. The van der Waals surface area contributed by atoms with Crippen molar-refractivity contribution in [2.45, 2.75) is 116 Å². The molecular weight excluding hydrogens is 360 g/mol. The number of esters is 1. The predicted molar refractivity (Wildman–Crippen MR) is 122 cm³/mol. The maximum absolute atomic E-state index is 11.5. The quantitative estimate of drug-likeness (QED) is 0.137. The Bertz CT molecular complexity index is 511. The van der Waals surface area contributed by atoms with Gasteiger partial charge in [0.15, 0.2) is 0 Å². The maximum atomic E-state index is 11.5. The zero-order valence-corrected chi connectivity index (χ0v) is 19.0. The van der Waals surface area contributed by atoms with Crippen molar-refractivity contribution in [2.75, 3.05) is 6.61 Å². The van der Waals surface area contributed by atoms with Gasteiger partial charge in [0, 0.05) is 24.9 Å². The van der Waals surface area contributed by atoms with Crippen molar-refractivity contribution in [1.29, 1.82) is 0 Å². The van der Waals surface area contributed by atoms with Crippen LogP contribution in [0.5, 0.6) is 0 Å². The largest absolute Gasteiger partial charge is 0.466 e. The van der Waals surface area contributed by atoms with E-state index >= 15 is 0 Å². The van der Waals surface area contributed by atoms with Crippen LogP contribution in [0.4, 0.5) is 0 Å². The van der Waals surface area contributed by atoms with Crippen LogP contribution >= 0.6 is 0 Å². The Kier molecular flexibility index (Phi) is 16.2. The molecule has 1 aromatic rings. The highest BCUT2D eigenvalue weighted by atomic mass is 16.5. The van der Waals surface area contributed by atoms with Gasteiger partial charge >= 0.3 is 5.97 Å². The second kappa shape index (κ2) is 18.4. The first-order chi connectivity index (χ1) is 14.3. The van der Waals surface area contributed by atoms with Crippen molar-refractivity contribution < 1.29 is 9.53 Å². The SMILES string of the molecule is CCCCCC[C@@H](C/C=C\CCCCCCCC(=O)OCCCC)n1ccnc1. The van der Waals surface area contributed by atoms with E-state index in [0.29, 0.717) is 19.1 Å². The molecule has 0 saturated carbocycles. The summed E-state index contributed by atoms with van der Waals surface area (Å²) in [4.78, 5) is 15.7. The summed E-state index contributed by atoms with van der Waals surface area (Å²) < 4.78 is 7.45. The van der Waals surface area contributed by atoms with E-state index in [1.807, 2.05) is 12.5 Å². The number of rotatable bonds is 19. The molecule has 0 spiro atoms. The molecule has 1 heterocycles. The van der Waals surface area contributed by atoms with E-state index in [2.05, 4.69) is 41.7 Å². The predicted octanol–water partition coefficient (Wildman–Crippen LogP) is 7.41. The van der Waals surface area contributed by atoms with Gasteiger partial charge in [-0.25, -0.2) is 4.98 Å². The lowest BCUT2D eigenvalue weighted by atomic mass is 10.0. The van der Waals surface area contributed by atoms with Gasteiger partial charge < -0.3 is 9.30 Å². The average molecular weight is 405 g/mol. The van der Waals surface area contributed by atoms with Crippen LogP contribution in [-0.2, 0) is 9.53 Å².